The summed E-state index contributed by atoms with van der Waals surface area (Å²) in [5.74, 6) is 0.0698. The van der Waals surface area contributed by atoms with E-state index >= 15 is 0 Å². The third-order valence-electron chi connectivity index (χ3n) is 4.02. The van der Waals surface area contributed by atoms with Crippen LogP contribution in [0.5, 0.6) is 0 Å². The molecule has 0 unspecified atom stereocenters. The molecule has 2 heterocycles. The third-order valence-corrected chi connectivity index (χ3v) is 4.67. The highest BCUT2D eigenvalue weighted by Crippen LogP contribution is 2.16. The van der Waals surface area contributed by atoms with Crippen molar-refractivity contribution in [2.24, 2.45) is 5.73 Å². The fraction of sp³-hybridized carbons (Fsp3) is 0.333. The molecule has 2 aromatic heterocycles. The lowest BCUT2D eigenvalue weighted by atomic mass is 10.1. The predicted octanol–water partition coefficient (Wildman–Crippen LogP) is 2.94. The molecule has 0 bridgehead atoms. The molecule has 1 atom stereocenters. The Morgan fingerprint density at radius 2 is 1.76 bits per heavy atom. The number of aliphatic carboxylic acids is 1. The fourth-order valence-corrected chi connectivity index (χ4v) is 3.16. The van der Waals surface area contributed by atoms with Gasteiger partial charge in [0.2, 0.25) is 0 Å². The van der Waals surface area contributed by atoms with E-state index in [1.165, 1.54) is 6.33 Å². The molecule has 3 aromatic rings. The number of halogens is 2. The second kappa shape index (κ2) is 11.7. The largest absolute Gasteiger partial charge is 0.480 e. The molecule has 0 spiro atoms. The van der Waals surface area contributed by atoms with E-state index in [9.17, 15) is 4.79 Å². The standard InChI is InChI=1S/C13H18Cl2N2O2.C5H4N4S/c14-5-7-17(8-6-15)11-3-1-10(2-4-11)9-12(16)13(18)19;10-5-3-4(7-1-6-3)8-2-9-5/h1-4,12H,5-9,16H2,(H,18,19);1-2H,(H2,6,7,8,9,10)/t12-;/m0./s1. The number of anilines is 1. The highest BCUT2D eigenvalue weighted by molar-refractivity contribution is 7.71. The van der Waals surface area contributed by atoms with Gasteiger partial charge in [-0.2, -0.15) is 0 Å². The molecule has 0 radical (unpaired) electrons. The van der Waals surface area contributed by atoms with Gasteiger partial charge in [0.05, 0.1) is 12.7 Å². The van der Waals surface area contributed by atoms with E-state index in [-0.39, 0.29) is 0 Å². The van der Waals surface area contributed by atoms with E-state index in [0.717, 1.165) is 35.5 Å². The van der Waals surface area contributed by atoms with Crippen molar-refractivity contribution in [3.8, 4) is 0 Å². The summed E-state index contributed by atoms with van der Waals surface area (Å²) in [7, 11) is 0. The molecule has 5 N–H and O–H groups in total. The molecular formula is C18H22Cl2N6O2S. The number of benzene rings is 1. The summed E-state index contributed by atoms with van der Waals surface area (Å²) in [4.78, 5) is 26.3. The van der Waals surface area contributed by atoms with Crippen molar-refractivity contribution in [3.63, 3.8) is 0 Å². The Morgan fingerprint density at radius 3 is 2.31 bits per heavy atom. The fourth-order valence-electron chi connectivity index (χ4n) is 2.54. The zero-order valence-electron chi connectivity index (χ0n) is 15.5. The molecular weight excluding hydrogens is 435 g/mol. The first kappa shape index (κ1) is 23.1. The molecule has 8 nitrogen and oxygen atoms in total. The molecule has 0 amide bonds. The van der Waals surface area contributed by atoms with Crippen LogP contribution in [0.25, 0.3) is 11.2 Å². The van der Waals surface area contributed by atoms with Gasteiger partial charge in [-0.15, -0.1) is 23.2 Å². The quantitative estimate of drug-likeness (QED) is 0.303. The molecule has 156 valence electrons. The number of aromatic nitrogens is 4. The van der Waals surface area contributed by atoms with Crippen LogP contribution in [0, 0.1) is 4.64 Å². The second-order valence-electron chi connectivity index (χ2n) is 6.01. The van der Waals surface area contributed by atoms with E-state index in [2.05, 4.69) is 24.8 Å². The number of fused-ring (bicyclic) bond motifs is 1. The maximum absolute atomic E-state index is 10.7. The summed E-state index contributed by atoms with van der Waals surface area (Å²) in [6, 6.07) is 6.76. The summed E-state index contributed by atoms with van der Waals surface area (Å²) >= 11 is 16.4. The second-order valence-corrected chi connectivity index (χ2v) is 7.16. The van der Waals surface area contributed by atoms with Gasteiger partial charge in [-0.25, -0.2) is 9.97 Å². The number of rotatable bonds is 8. The molecule has 0 saturated carbocycles. The van der Waals surface area contributed by atoms with Crippen molar-refractivity contribution < 1.29 is 9.90 Å². The predicted molar refractivity (Wildman–Crippen MR) is 118 cm³/mol. The van der Waals surface area contributed by atoms with Gasteiger partial charge >= 0.3 is 5.97 Å². The van der Waals surface area contributed by atoms with Crippen molar-refractivity contribution in [1.82, 2.24) is 19.9 Å². The van der Waals surface area contributed by atoms with Gasteiger partial charge in [-0.1, -0.05) is 24.4 Å². The van der Waals surface area contributed by atoms with Gasteiger partial charge in [0.25, 0.3) is 0 Å². The van der Waals surface area contributed by atoms with Crippen LogP contribution in [-0.2, 0) is 11.2 Å². The van der Waals surface area contributed by atoms with Crippen LogP contribution in [0.15, 0.2) is 36.9 Å². The average molecular weight is 457 g/mol. The van der Waals surface area contributed by atoms with Crippen molar-refractivity contribution in [2.75, 3.05) is 29.7 Å². The third kappa shape index (κ3) is 6.97. The van der Waals surface area contributed by atoms with Crippen LogP contribution >= 0.6 is 35.4 Å². The number of imidazole rings is 1. The summed E-state index contributed by atoms with van der Waals surface area (Å²) in [5, 5.41) is 8.76. The Kier molecular flexibility index (Phi) is 9.33. The Morgan fingerprint density at radius 1 is 1.14 bits per heavy atom. The number of carboxylic acid groups (broad SMARTS) is 1. The molecule has 0 aliphatic rings. The first-order valence-electron chi connectivity index (χ1n) is 8.77. The minimum absolute atomic E-state index is 0.320. The Hall–Kier alpha value is -2.20. The van der Waals surface area contributed by atoms with Crippen molar-refractivity contribution in [3.05, 3.63) is 47.1 Å². The zero-order chi connectivity index (χ0) is 21.2. The molecule has 0 saturated heterocycles. The van der Waals surface area contributed by atoms with Gasteiger partial charge in [-0.3, -0.25) is 4.79 Å². The molecule has 0 aliphatic heterocycles. The Balaban J connectivity index is 0.000000248. The van der Waals surface area contributed by atoms with Gasteiger partial charge < -0.3 is 25.7 Å². The highest BCUT2D eigenvalue weighted by Gasteiger charge is 2.12. The Bertz CT molecular complexity index is 957. The number of carboxylic acids is 1. The summed E-state index contributed by atoms with van der Waals surface area (Å²) in [6.07, 6.45) is 3.44. The molecule has 1 aromatic carbocycles. The van der Waals surface area contributed by atoms with Crippen LogP contribution in [0.1, 0.15) is 5.56 Å². The maximum Gasteiger partial charge on any atom is 0.320 e. The molecule has 0 fully saturated rings. The van der Waals surface area contributed by atoms with E-state index < -0.39 is 12.0 Å². The highest BCUT2D eigenvalue weighted by atomic mass is 35.5. The van der Waals surface area contributed by atoms with Crippen LogP contribution in [0.2, 0.25) is 0 Å². The number of carbonyl (C=O) groups is 1. The van der Waals surface area contributed by atoms with Crippen LogP contribution in [0.4, 0.5) is 5.69 Å². The van der Waals surface area contributed by atoms with Crippen molar-refractivity contribution in [2.45, 2.75) is 12.5 Å². The average Bonchev–Trinajstić information content (AvgIpc) is 3.19. The lowest BCUT2D eigenvalue weighted by Gasteiger charge is -2.23. The van der Waals surface area contributed by atoms with Gasteiger partial charge in [0.1, 0.15) is 11.6 Å². The first-order valence-corrected chi connectivity index (χ1v) is 10.2. The number of nitrogens with one attached hydrogen (secondary N) is 2. The van der Waals surface area contributed by atoms with Gasteiger partial charge in [0.15, 0.2) is 10.3 Å². The smallest absolute Gasteiger partial charge is 0.320 e. The molecule has 11 heteroatoms. The van der Waals surface area contributed by atoms with E-state index in [4.69, 9.17) is 46.3 Å². The number of H-pyrrole nitrogens is 2. The normalized spacial score (nSPS) is 11.6. The molecule has 3 rings (SSSR count). The molecule has 29 heavy (non-hydrogen) atoms. The SMILES string of the molecule is N[C@@H](Cc1ccc(N(CCCl)CCCl)cc1)C(=O)O.S=c1nc[nH]c2nc[nH]c12. The van der Waals surface area contributed by atoms with Crippen molar-refractivity contribution in [1.29, 1.82) is 0 Å². The monoisotopic (exact) mass is 456 g/mol. The summed E-state index contributed by atoms with van der Waals surface area (Å²) in [6.45, 7) is 1.45. The van der Waals surface area contributed by atoms with E-state index in [0.29, 0.717) is 22.8 Å². The topological polar surface area (TPSA) is 124 Å². The lowest BCUT2D eigenvalue weighted by Crippen LogP contribution is -2.32. The maximum atomic E-state index is 10.7. The van der Waals surface area contributed by atoms with Crippen molar-refractivity contribution >= 4 is 58.2 Å². The van der Waals surface area contributed by atoms with Crippen LogP contribution in [-0.4, -0.2) is 61.9 Å². The molecule has 0 aliphatic carbocycles. The first-order chi connectivity index (χ1) is 14.0. The zero-order valence-corrected chi connectivity index (χ0v) is 17.8. The lowest BCUT2D eigenvalue weighted by molar-refractivity contribution is -0.138. The minimum Gasteiger partial charge on any atom is -0.480 e. The number of aromatic amines is 2. The van der Waals surface area contributed by atoms with E-state index in [1.54, 1.807) is 6.33 Å². The number of hydrogen-bond acceptors (Lipinski definition) is 6. The summed E-state index contributed by atoms with van der Waals surface area (Å²) in [5.41, 5.74) is 8.96. The summed E-state index contributed by atoms with van der Waals surface area (Å²) < 4.78 is 0.547. The Labute approximate surface area is 183 Å². The van der Waals surface area contributed by atoms with E-state index in [1.807, 2.05) is 24.3 Å². The van der Waals surface area contributed by atoms with Gasteiger partial charge in [-0.05, 0) is 24.1 Å². The van der Waals surface area contributed by atoms with Crippen LogP contribution in [0.3, 0.4) is 0 Å². The number of hydrogen-bond donors (Lipinski definition) is 4. The minimum atomic E-state index is -0.991. The van der Waals surface area contributed by atoms with Crippen LogP contribution < -0.4 is 10.6 Å². The number of nitrogens with two attached hydrogens (primary N) is 1. The number of nitrogens with zero attached hydrogens (tertiary/aromatic N) is 3. The van der Waals surface area contributed by atoms with Gasteiger partial charge in [0, 0.05) is 30.5 Å². The number of alkyl halides is 2.